The first-order valence-corrected chi connectivity index (χ1v) is 4.86. The van der Waals surface area contributed by atoms with Gasteiger partial charge in [-0.15, -0.1) is 0 Å². The van der Waals surface area contributed by atoms with Gasteiger partial charge in [-0.3, -0.25) is 0 Å². The number of hydrogen-bond donors (Lipinski definition) is 1. The maximum Gasteiger partial charge on any atom is 0.0625 e. The van der Waals surface area contributed by atoms with Gasteiger partial charge in [0.2, 0.25) is 0 Å². The molecule has 1 atom stereocenters. The van der Waals surface area contributed by atoms with Crippen molar-refractivity contribution in [3.8, 4) is 0 Å². The fraction of sp³-hybridized carbons (Fsp3) is 0.818. The van der Waals surface area contributed by atoms with E-state index in [1.54, 1.807) is 0 Å². The molecular formula is C11H20O. The SMILES string of the molecule is CC(C)(C)C(O)CC1=CCCC1. The largest absolute Gasteiger partial charge is 0.392 e. The van der Waals surface area contributed by atoms with Crippen molar-refractivity contribution in [3.63, 3.8) is 0 Å². The van der Waals surface area contributed by atoms with E-state index in [2.05, 4.69) is 26.8 Å². The lowest BCUT2D eigenvalue weighted by atomic mass is 9.85. The Labute approximate surface area is 75.5 Å². The molecule has 12 heavy (non-hydrogen) atoms. The summed E-state index contributed by atoms with van der Waals surface area (Å²) < 4.78 is 0. The van der Waals surface area contributed by atoms with Gasteiger partial charge in [-0.05, 0) is 31.1 Å². The van der Waals surface area contributed by atoms with Gasteiger partial charge in [0, 0.05) is 0 Å². The van der Waals surface area contributed by atoms with Crippen LogP contribution in [-0.4, -0.2) is 11.2 Å². The van der Waals surface area contributed by atoms with E-state index in [1.807, 2.05) is 0 Å². The van der Waals surface area contributed by atoms with E-state index < -0.39 is 0 Å². The van der Waals surface area contributed by atoms with E-state index >= 15 is 0 Å². The van der Waals surface area contributed by atoms with E-state index in [0.29, 0.717) is 0 Å². The third-order valence-electron chi connectivity index (χ3n) is 2.59. The Hall–Kier alpha value is -0.300. The average molecular weight is 168 g/mol. The van der Waals surface area contributed by atoms with Crippen LogP contribution in [0.2, 0.25) is 0 Å². The first-order chi connectivity index (χ1) is 5.50. The van der Waals surface area contributed by atoms with Crippen LogP contribution < -0.4 is 0 Å². The van der Waals surface area contributed by atoms with Crippen molar-refractivity contribution in [1.29, 1.82) is 0 Å². The lowest BCUT2D eigenvalue weighted by molar-refractivity contribution is 0.0631. The molecule has 0 saturated carbocycles. The second kappa shape index (κ2) is 3.61. The van der Waals surface area contributed by atoms with E-state index in [1.165, 1.54) is 24.8 Å². The zero-order chi connectivity index (χ0) is 9.19. The molecule has 70 valence electrons. The molecule has 0 fully saturated rings. The van der Waals surface area contributed by atoms with Gasteiger partial charge in [0.15, 0.2) is 0 Å². The van der Waals surface area contributed by atoms with Crippen molar-refractivity contribution < 1.29 is 5.11 Å². The monoisotopic (exact) mass is 168 g/mol. The van der Waals surface area contributed by atoms with Gasteiger partial charge < -0.3 is 5.11 Å². The smallest absolute Gasteiger partial charge is 0.0625 e. The third-order valence-corrected chi connectivity index (χ3v) is 2.59. The topological polar surface area (TPSA) is 20.2 Å². The molecule has 0 saturated heterocycles. The quantitative estimate of drug-likeness (QED) is 0.629. The van der Waals surface area contributed by atoms with Crippen molar-refractivity contribution >= 4 is 0 Å². The highest BCUT2D eigenvalue weighted by Crippen LogP contribution is 2.29. The molecule has 0 heterocycles. The molecule has 0 spiro atoms. The fourth-order valence-electron chi connectivity index (χ4n) is 1.48. The zero-order valence-electron chi connectivity index (χ0n) is 8.43. The van der Waals surface area contributed by atoms with Gasteiger partial charge in [0.25, 0.3) is 0 Å². The summed E-state index contributed by atoms with van der Waals surface area (Å²) in [5.41, 5.74) is 1.49. The molecular weight excluding hydrogens is 148 g/mol. The average Bonchev–Trinajstić information content (AvgIpc) is 2.37. The number of hydrogen-bond acceptors (Lipinski definition) is 1. The number of allylic oxidation sites excluding steroid dienone is 1. The van der Waals surface area contributed by atoms with Crippen molar-refractivity contribution in [1.82, 2.24) is 0 Å². The van der Waals surface area contributed by atoms with Crippen LogP contribution in [0.4, 0.5) is 0 Å². The first-order valence-electron chi connectivity index (χ1n) is 4.86. The molecule has 0 aromatic carbocycles. The minimum atomic E-state index is -0.179. The van der Waals surface area contributed by atoms with Crippen LogP contribution in [0.15, 0.2) is 11.6 Å². The van der Waals surface area contributed by atoms with Crippen LogP contribution >= 0.6 is 0 Å². The van der Waals surface area contributed by atoms with Crippen molar-refractivity contribution in [2.75, 3.05) is 0 Å². The van der Waals surface area contributed by atoms with Gasteiger partial charge in [0.1, 0.15) is 0 Å². The van der Waals surface area contributed by atoms with Crippen LogP contribution in [0.1, 0.15) is 46.5 Å². The highest BCUT2D eigenvalue weighted by atomic mass is 16.3. The fourth-order valence-corrected chi connectivity index (χ4v) is 1.48. The first kappa shape index (κ1) is 9.79. The summed E-state index contributed by atoms with van der Waals surface area (Å²) in [6, 6.07) is 0. The Kier molecular flexibility index (Phi) is 2.94. The minimum Gasteiger partial charge on any atom is -0.392 e. The van der Waals surface area contributed by atoms with Crippen LogP contribution in [0.5, 0.6) is 0 Å². The van der Waals surface area contributed by atoms with E-state index in [-0.39, 0.29) is 11.5 Å². The van der Waals surface area contributed by atoms with Crippen LogP contribution in [-0.2, 0) is 0 Å². The summed E-state index contributed by atoms with van der Waals surface area (Å²) in [6.45, 7) is 6.27. The second-order valence-electron chi connectivity index (χ2n) is 4.84. The summed E-state index contributed by atoms with van der Waals surface area (Å²) in [5, 5.41) is 9.81. The molecule has 0 aromatic rings. The standard InChI is InChI=1S/C11H20O/c1-11(2,3)10(12)8-9-6-4-5-7-9/h6,10,12H,4-5,7-8H2,1-3H3. The number of aliphatic hydroxyl groups excluding tert-OH is 1. The van der Waals surface area contributed by atoms with E-state index in [9.17, 15) is 5.11 Å². The molecule has 1 nitrogen and oxygen atoms in total. The van der Waals surface area contributed by atoms with E-state index in [4.69, 9.17) is 0 Å². The Morgan fingerprint density at radius 1 is 1.50 bits per heavy atom. The van der Waals surface area contributed by atoms with Crippen molar-refractivity contribution in [2.45, 2.75) is 52.6 Å². The van der Waals surface area contributed by atoms with Crippen LogP contribution in [0.3, 0.4) is 0 Å². The molecule has 0 bridgehead atoms. The van der Waals surface area contributed by atoms with Gasteiger partial charge >= 0.3 is 0 Å². The highest BCUT2D eigenvalue weighted by molar-refractivity contribution is 5.09. The molecule has 0 amide bonds. The molecule has 1 N–H and O–H groups in total. The normalized spacial score (nSPS) is 20.8. The van der Waals surface area contributed by atoms with Crippen molar-refractivity contribution in [2.24, 2.45) is 5.41 Å². The summed E-state index contributed by atoms with van der Waals surface area (Å²) >= 11 is 0. The predicted molar refractivity (Wildman–Crippen MR) is 52.0 cm³/mol. The molecule has 1 aliphatic rings. The Morgan fingerprint density at radius 3 is 2.58 bits per heavy atom. The molecule has 1 rings (SSSR count). The summed E-state index contributed by atoms with van der Waals surface area (Å²) in [4.78, 5) is 0. The molecule has 1 aliphatic carbocycles. The molecule has 0 aliphatic heterocycles. The van der Waals surface area contributed by atoms with Gasteiger partial charge in [-0.1, -0.05) is 32.4 Å². The summed E-state index contributed by atoms with van der Waals surface area (Å²) in [5.74, 6) is 0. The van der Waals surface area contributed by atoms with Crippen LogP contribution in [0, 0.1) is 5.41 Å². The maximum absolute atomic E-state index is 9.81. The minimum absolute atomic E-state index is 0.0312. The number of aliphatic hydroxyl groups is 1. The third kappa shape index (κ3) is 2.63. The van der Waals surface area contributed by atoms with Gasteiger partial charge in [-0.25, -0.2) is 0 Å². The Morgan fingerprint density at radius 2 is 2.17 bits per heavy atom. The Balaban J connectivity index is 2.40. The molecule has 1 unspecified atom stereocenters. The number of rotatable bonds is 2. The lowest BCUT2D eigenvalue weighted by Crippen LogP contribution is -2.26. The Bertz CT molecular complexity index is 174. The second-order valence-corrected chi connectivity index (χ2v) is 4.84. The van der Waals surface area contributed by atoms with Gasteiger partial charge in [0.05, 0.1) is 6.10 Å². The van der Waals surface area contributed by atoms with Gasteiger partial charge in [-0.2, -0.15) is 0 Å². The summed E-state index contributed by atoms with van der Waals surface area (Å²) in [6.07, 6.45) is 6.69. The summed E-state index contributed by atoms with van der Waals surface area (Å²) in [7, 11) is 0. The zero-order valence-corrected chi connectivity index (χ0v) is 8.43. The molecule has 1 heteroatoms. The molecule has 0 aromatic heterocycles. The highest BCUT2D eigenvalue weighted by Gasteiger charge is 2.23. The van der Waals surface area contributed by atoms with Crippen LogP contribution in [0.25, 0.3) is 0 Å². The lowest BCUT2D eigenvalue weighted by Gasteiger charge is -2.26. The van der Waals surface area contributed by atoms with E-state index in [0.717, 1.165) is 6.42 Å². The molecule has 0 radical (unpaired) electrons. The maximum atomic E-state index is 9.81. The predicted octanol–water partition coefficient (Wildman–Crippen LogP) is 2.89. The van der Waals surface area contributed by atoms with Crippen molar-refractivity contribution in [3.05, 3.63) is 11.6 Å².